The number of aryl methyl sites for hydroxylation is 1. The fraction of sp³-hybridized carbons (Fsp3) is 0.217. The van der Waals surface area contributed by atoms with Crippen LogP contribution in [0, 0.1) is 6.92 Å². The van der Waals surface area contributed by atoms with Crippen LogP contribution < -0.4 is 15.5 Å². The van der Waals surface area contributed by atoms with Crippen LogP contribution in [0.5, 0.6) is 0 Å². The van der Waals surface area contributed by atoms with Gasteiger partial charge in [-0.25, -0.2) is 0 Å². The van der Waals surface area contributed by atoms with Gasteiger partial charge >= 0.3 is 0 Å². The first-order chi connectivity index (χ1) is 13.7. The lowest BCUT2D eigenvalue weighted by atomic mass is 10.2. The van der Waals surface area contributed by atoms with E-state index in [1.807, 2.05) is 49.4 Å². The van der Waals surface area contributed by atoms with Crippen molar-refractivity contribution in [3.05, 3.63) is 78.1 Å². The first kappa shape index (κ1) is 18.0. The first-order valence-electron chi connectivity index (χ1n) is 9.64. The molecule has 0 saturated carbocycles. The van der Waals surface area contributed by atoms with Crippen molar-refractivity contribution in [1.82, 2.24) is 4.98 Å². The number of nitrogens with zero attached hydrogens (tertiary/aromatic N) is 2. The van der Waals surface area contributed by atoms with E-state index in [1.54, 1.807) is 12.3 Å². The Kier molecular flexibility index (Phi) is 5.24. The molecular weight excluding hydrogens is 348 g/mol. The number of carbonyl (C=O) groups excluding carboxylic acids is 1. The highest BCUT2D eigenvalue weighted by Gasteiger charge is 2.13. The minimum Gasteiger partial charge on any atom is -0.372 e. The average molecular weight is 372 g/mol. The van der Waals surface area contributed by atoms with Crippen molar-refractivity contribution in [2.45, 2.75) is 19.8 Å². The molecule has 0 radical (unpaired) electrons. The van der Waals surface area contributed by atoms with E-state index in [2.05, 4.69) is 32.7 Å². The maximum Gasteiger partial charge on any atom is 0.274 e. The summed E-state index contributed by atoms with van der Waals surface area (Å²) in [7, 11) is 0. The molecule has 1 amide bonds. The van der Waals surface area contributed by atoms with Gasteiger partial charge in [0.15, 0.2) is 0 Å². The first-order valence-corrected chi connectivity index (χ1v) is 9.64. The van der Waals surface area contributed by atoms with Crippen LogP contribution in [0.25, 0.3) is 0 Å². The van der Waals surface area contributed by atoms with Crippen LogP contribution in [-0.4, -0.2) is 24.0 Å². The number of pyridine rings is 1. The Labute approximate surface area is 165 Å². The molecule has 2 aromatic carbocycles. The zero-order valence-electron chi connectivity index (χ0n) is 16.0. The lowest BCUT2D eigenvalue weighted by Crippen LogP contribution is -2.17. The molecule has 0 bridgehead atoms. The zero-order valence-corrected chi connectivity index (χ0v) is 16.0. The third kappa shape index (κ3) is 4.14. The Hall–Kier alpha value is -3.34. The fourth-order valence-corrected chi connectivity index (χ4v) is 3.43. The Morgan fingerprint density at radius 1 is 0.964 bits per heavy atom. The van der Waals surface area contributed by atoms with Gasteiger partial charge < -0.3 is 15.5 Å². The second-order valence-corrected chi connectivity index (χ2v) is 7.06. The molecule has 1 fully saturated rings. The highest BCUT2D eigenvalue weighted by atomic mass is 16.1. The number of hydrogen-bond donors (Lipinski definition) is 2. The van der Waals surface area contributed by atoms with Crippen LogP contribution >= 0.6 is 0 Å². The van der Waals surface area contributed by atoms with Gasteiger partial charge in [-0.2, -0.15) is 0 Å². The number of hydrogen-bond acceptors (Lipinski definition) is 4. The van der Waals surface area contributed by atoms with E-state index in [0.29, 0.717) is 5.69 Å². The molecule has 4 rings (SSSR count). The van der Waals surface area contributed by atoms with Crippen molar-refractivity contribution in [2.24, 2.45) is 0 Å². The Balaban J connectivity index is 1.44. The molecule has 142 valence electrons. The second-order valence-electron chi connectivity index (χ2n) is 7.06. The number of nitrogens with one attached hydrogen (secondary N) is 2. The summed E-state index contributed by atoms with van der Waals surface area (Å²) in [4.78, 5) is 19.2. The van der Waals surface area contributed by atoms with E-state index in [4.69, 9.17) is 0 Å². The zero-order chi connectivity index (χ0) is 19.3. The molecule has 3 aromatic rings. The van der Waals surface area contributed by atoms with Crippen LogP contribution in [0.3, 0.4) is 0 Å². The van der Waals surface area contributed by atoms with Crippen molar-refractivity contribution in [3.63, 3.8) is 0 Å². The molecule has 1 aromatic heterocycles. The lowest BCUT2D eigenvalue weighted by molar-refractivity contribution is 0.102. The largest absolute Gasteiger partial charge is 0.372 e. The summed E-state index contributed by atoms with van der Waals surface area (Å²) in [6.07, 6.45) is 4.14. The summed E-state index contributed by atoms with van der Waals surface area (Å²) < 4.78 is 0. The number of carbonyl (C=O) groups is 1. The predicted octanol–water partition coefficient (Wildman–Crippen LogP) is 4.99. The number of benzene rings is 2. The van der Waals surface area contributed by atoms with Gasteiger partial charge in [0.2, 0.25) is 0 Å². The maximum atomic E-state index is 12.6. The molecule has 1 saturated heterocycles. The standard InChI is InChI=1S/C23H24N4O/c1-17-6-2-3-7-21(17)25-19-12-13-24-22(16-19)23(28)26-18-8-10-20(11-9-18)27-14-4-5-15-27/h2-3,6-13,16H,4-5,14-15H2,1H3,(H,24,25)(H,26,28). The molecule has 0 atom stereocenters. The summed E-state index contributed by atoms with van der Waals surface area (Å²) >= 11 is 0. The quantitative estimate of drug-likeness (QED) is 0.663. The topological polar surface area (TPSA) is 57.3 Å². The lowest BCUT2D eigenvalue weighted by Gasteiger charge is -2.17. The van der Waals surface area contributed by atoms with Gasteiger partial charge in [-0.15, -0.1) is 0 Å². The molecule has 0 aliphatic carbocycles. The van der Waals surface area contributed by atoms with E-state index in [-0.39, 0.29) is 5.91 Å². The highest BCUT2D eigenvalue weighted by Crippen LogP contribution is 2.23. The summed E-state index contributed by atoms with van der Waals surface area (Å²) in [5.74, 6) is -0.220. The Bertz CT molecular complexity index is 962. The molecule has 1 aliphatic rings. The molecule has 5 nitrogen and oxygen atoms in total. The van der Waals surface area contributed by atoms with Crippen molar-refractivity contribution in [2.75, 3.05) is 28.6 Å². The third-order valence-corrected chi connectivity index (χ3v) is 5.01. The van der Waals surface area contributed by atoms with E-state index in [0.717, 1.165) is 35.7 Å². The maximum absolute atomic E-state index is 12.6. The molecule has 2 heterocycles. The summed E-state index contributed by atoms with van der Waals surface area (Å²) in [5.41, 5.74) is 5.34. The van der Waals surface area contributed by atoms with Crippen LogP contribution in [0.1, 0.15) is 28.9 Å². The van der Waals surface area contributed by atoms with Gasteiger partial charge in [-0.05, 0) is 67.8 Å². The number of amides is 1. The number of aromatic nitrogens is 1. The van der Waals surface area contributed by atoms with Gasteiger partial charge in [-0.1, -0.05) is 18.2 Å². The van der Waals surface area contributed by atoms with Gasteiger partial charge in [0, 0.05) is 42.0 Å². The number of rotatable bonds is 5. The number of anilines is 4. The second kappa shape index (κ2) is 8.13. The van der Waals surface area contributed by atoms with Crippen LogP contribution in [0.2, 0.25) is 0 Å². The number of para-hydroxylation sites is 1. The average Bonchev–Trinajstić information content (AvgIpc) is 3.25. The van der Waals surface area contributed by atoms with Gasteiger partial charge in [0.05, 0.1) is 0 Å². The summed E-state index contributed by atoms with van der Waals surface area (Å²) in [5, 5.41) is 6.28. The molecule has 28 heavy (non-hydrogen) atoms. The monoisotopic (exact) mass is 372 g/mol. The normalized spacial score (nSPS) is 13.4. The molecule has 2 N–H and O–H groups in total. The fourth-order valence-electron chi connectivity index (χ4n) is 3.43. The summed E-state index contributed by atoms with van der Waals surface area (Å²) in [6, 6.07) is 19.7. The van der Waals surface area contributed by atoms with Crippen LogP contribution in [-0.2, 0) is 0 Å². The van der Waals surface area contributed by atoms with E-state index in [1.165, 1.54) is 18.5 Å². The third-order valence-electron chi connectivity index (χ3n) is 5.01. The van der Waals surface area contributed by atoms with Crippen LogP contribution in [0.15, 0.2) is 66.9 Å². The smallest absolute Gasteiger partial charge is 0.274 e. The molecule has 0 spiro atoms. The molecular formula is C23H24N4O. The van der Waals surface area contributed by atoms with Gasteiger partial charge in [0.1, 0.15) is 5.69 Å². The predicted molar refractivity (Wildman–Crippen MR) is 115 cm³/mol. The van der Waals surface area contributed by atoms with E-state index >= 15 is 0 Å². The Morgan fingerprint density at radius 3 is 2.46 bits per heavy atom. The van der Waals surface area contributed by atoms with Crippen molar-refractivity contribution in [1.29, 1.82) is 0 Å². The summed E-state index contributed by atoms with van der Waals surface area (Å²) in [6.45, 7) is 4.26. The Morgan fingerprint density at radius 2 is 1.71 bits per heavy atom. The minimum absolute atomic E-state index is 0.220. The van der Waals surface area contributed by atoms with Crippen molar-refractivity contribution >= 4 is 28.7 Å². The molecule has 1 aliphatic heterocycles. The van der Waals surface area contributed by atoms with Crippen molar-refractivity contribution < 1.29 is 4.79 Å². The molecule has 0 unspecified atom stereocenters. The SMILES string of the molecule is Cc1ccccc1Nc1ccnc(C(=O)Nc2ccc(N3CCCC3)cc2)c1. The van der Waals surface area contributed by atoms with E-state index in [9.17, 15) is 4.79 Å². The van der Waals surface area contributed by atoms with Gasteiger partial charge in [0.25, 0.3) is 5.91 Å². The van der Waals surface area contributed by atoms with E-state index < -0.39 is 0 Å². The highest BCUT2D eigenvalue weighted by molar-refractivity contribution is 6.03. The van der Waals surface area contributed by atoms with Crippen molar-refractivity contribution in [3.8, 4) is 0 Å². The minimum atomic E-state index is -0.220. The van der Waals surface area contributed by atoms with Crippen LogP contribution in [0.4, 0.5) is 22.7 Å². The molecule has 5 heteroatoms. The van der Waals surface area contributed by atoms with Gasteiger partial charge in [-0.3, -0.25) is 9.78 Å².